The number of hydrogen-bond donors (Lipinski definition) is 0. The molecule has 90 heavy (non-hydrogen) atoms. The van der Waals surface area contributed by atoms with Crippen molar-refractivity contribution >= 4 is 59.7 Å². The molecule has 470 valence electrons. The van der Waals surface area contributed by atoms with Gasteiger partial charge in [0.2, 0.25) is 0 Å². The molecular formula is C68H66O22. The van der Waals surface area contributed by atoms with Crippen LogP contribution in [0.2, 0.25) is 0 Å². The van der Waals surface area contributed by atoms with Crippen molar-refractivity contribution in [1.29, 1.82) is 0 Å². The minimum absolute atomic E-state index is 0.0428. The first-order chi connectivity index (χ1) is 43.7. The zero-order chi connectivity index (χ0) is 64.3. The van der Waals surface area contributed by atoms with Gasteiger partial charge in [0.1, 0.15) is 34.5 Å². The SMILES string of the molecule is C=CC(=O)OCCCCOc1ccc(C(=O)Oc2ccc(C(=O)Oc3ccc(C(=O)OCCCCOC(=O)CCC(=O)OCCCCOC(=O)c4ccc(OC(=O)c5ccc(OC(=O)c6ccc(OCCCCOC(=O)C=C)cc6)cc5)cc4)cc3)cc2)cc1. The Morgan fingerprint density at radius 1 is 0.256 bits per heavy atom. The second kappa shape index (κ2) is 37.6. The molecule has 22 nitrogen and oxygen atoms in total. The summed E-state index contributed by atoms with van der Waals surface area (Å²) < 4.78 is 63.8. The lowest BCUT2D eigenvalue weighted by molar-refractivity contribution is -0.150. The van der Waals surface area contributed by atoms with Crippen molar-refractivity contribution in [2.75, 3.05) is 52.9 Å². The summed E-state index contributed by atoms with van der Waals surface area (Å²) in [5.74, 6) is -4.13. The van der Waals surface area contributed by atoms with Gasteiger partial charge in [-0.3, -0.25) is 9.59 Å². The van der Waals surface area contributed by atoms with E-state index in [9.17, 15) is 47.9 Å². The molecule has 0 spiro atoms. The van der Waals surface area contributed by atoms with E-state index in [4.69, 9.17) is 56.8 Å². The predicted molar refractivity (Wildman–Crippen MR) is 320 cm³/mol. The molecule has 0 atom stereocenters. The lowest BCUT2D eigenvalue weighted by Gasteiger charge is -2.09. The number of esters is 10. The normalized spacial score (nSPS) is 10.4. The lowest BCUT2D eigenvalue weighted by atomic mass is 10.2. The molecular weight excluding hydrogens is 1170 g/mol. The zero-order valence-corrected chi connectivity index (χ0v) is 49.1. The van der Waals surface area contributed by atoms with Gasteiger partial charge in [-0.2, -0.15) is 0 Å². The van der Waals surface area contributed by atoms with Crippen molar-refractivity contribution in [2.45, 2.75) is 64.2 Å². The summed E-state index contributed by atoms with van der Waals surface area (Å²) in [6.45, 7) is 8.18. The topological polar surface area (TPSA) is 281 Å². The summed E-state index contributed by atoms with van der Waals surface area (Å²) in [7, 11) is 0. The third-order valence-corrected chi connectivity index (χ3v) is 12.4. The molecule has 0 aliphatic heterocycles. The van der Waals surface area contributed by atoms with Crippen LogP contribution in [0.5, 0.6) is 34.5 Å². The molecule has 0 aliphatic carbocycles. The Bertz CT molecular complexity index is 3150. The fourth-order valence-corrected chi connectivity index (χ4v) is 7.55. The average molecular weight is 1240 g/mol. The number of unbranched alkanes of at least 4 members (excludes halogenated alkanes) is 4. The summed E-state index contributed by atoms with van der Waals surface area (Å²) in [6, 6.07) is 35.8. The molecule has 0 saturated carbocycles. The van der Waals surface area contributed by atoms with E-state index >= 15 is 0 Å². The molecule has 0 fully saturated rings. The van der Waals surface area contributed by atoms with E-state index in [-0.39, 0.29) is 109 Å². The molecule has 0 unspecified atom stereocenters. The monoisotopic (exact) mass is 1230 g/mol. The van der Waals surface area contributed by atoms with Crippen molar-refractivity contribution in [3.8, 4) is 34.5 Å². The van der Waals surface area contributed by atoms with Crippen LogP contribution in [0, 0.1) is 0 Å². The molecule has 6 aromatic rings. The second-order valence-corrected chi connectivity index (χ2v) is 19.2. The van der Waals surface area contributed by atoms with Gasteiger partial charge in [0, 0.05) is 12.2 Å². The van der Waals surface area contributed by atoms with E-state index in [0.717, 1.165) is 12.2 Å². The third-order valence-electron chi connectivity index (χ3n) is 12.4. The highest BCUT2D eigenvalue weighted by molar-refractivity contribution is 5.95. The Hall–Kier alpha value is -10.9. The fraction of sp³-hybridized carbons (Fsp3) is 0.265. The molecule has 0 saturated heterocycles. The maximum Gasteiger partial charge on any atom is 0.343 e. The standard InChI is InChI=1S/C68H66O22/c1-3-59(69)81-41-7-5-39-79-53-25-13-49(14-26-53)65(75)89-57-33-21-51(22-34-57)67(77)87-55-29-17-47(18-30-55)63(73)85-45-11-9-43-83-61(71)37-38-62(72)84-44-10-12-46-86-64(74)48-19-31-56(32-20-48)88-68(78)52-23-35-58(36-24-52)90-66(76)50-15-27-54(28-16-50)80-40-6-8-42-82-60(70)4-2/h3-4,13-36H,1-2,5-12,37-46H2. The number of carbonyl (C=O) groups excluding carboxylic acids is 10. The zero-order valence-electron chi connectivity index (χ0n) is 49.1. The maximum absolute atomic E-state index is 12.8. The summed E-state index contributed by atoms with van der Waals surface area (Å²) in [6.07, 6.45) is 5.93. The highest BCUT2D eigenvalue weighted by Crippen LogP contribution is 2.22. The van der Waals surface area contributed by atoms with Crippen LogP contribution in [-0.4, -0.2) is 113 Å². The number of benzene rings is 6. The molecule has 6 rings (SSSR count). The van der Waals surface area contributed by atoms with Gasteiger partial charge in [-0.05, 0) is 197 Å². The van der Waals surface area contributed by atoms with E-state index in [1.54, 1.807) is 48.5 Å². The van der Waals surface area contributed by atoms with Gasteiger partial charge in [0.15, 0.2) is 0 Å². The van der Waals surface area contributed by atoms with Crippen LogP contribution in [0.15, 0.2) is 171 Å². The van der Waals surface area contributed by atoms with Crippen LogP contribution >= 0.6 is 0 Å². The number of hydrogen-bond acceptors (Lipinski definition) is 22. The van der Waals surface area contributed by atoms with Gasteiger partial charge in [-0.1, -0.05) is 13.2 Å². The van der Waals surface area contributed by atoms with Gasteiger partial charge in [-0.25, -0.2) is 38.4 Å². The molecule has 0 heterocycles. The molecule has 0 aliphatic rings. The van der Waals surface area contributed by atoms with Gasteiger partial charge < -0.3 is 56.8 Å². The molecule has 0 radical (unpaired) electrons. The van der Waals surface area contributed by atoms with Crippen molar-refractivity contribution in [3.63, 3.8) is 0 Å². The molecule has 0 amide bonds. The number of rotatable bonds is 37. The van der Waals surface area contributed by atoms with Gasteiger partial charge >= 0.3 is 59.7 Å². The highest BCUT2D eigenvalue weighted by Gasteiger charge is 2.17. The summed E-state index contributed by atoms with van der Waals surface area (Å²) in [5.41, 5.74) is 1.35. The van der Waals surface area contributed by atoms with Crippen molar-refractivity contribution in [1.82, 2.24) is 0 Å². The van der Waals surface area contributed by atoms with Crippen LogP contribution in [0.3, 0.4) is 0 Å². The Labute approximate surface area is 518 Å². The van der Waals surface area contributed by atoms with Crippen LogP contribution in [0.4, 0.5) is 0 Å². The van der Waals surface area contributed by atoms with Crippen LogP contribution in [-0.2, 0) is 47.6 Å². The highest BCUT2D eigenvalue weighted by atomic mass is 16.6. The van der Waals surface area contributed by atoms with Crippen LogP contribution < -0.4 is 28.4 Å². The maximum atomic E-state index is 12.8. The molecule has 22 heteroatoms. The van der Waals surface area contributed by atoms with Gasteiger partial charge in [-0.15, -0.1) is 0 Å². The van der Waals surface area contributed by atoms with Crippen molar-refractivity contribution in [3.05, 3.63) is 204 Å². The largest absolute Gasteiger partial charge is 0.494 e. The summed E-state index contributed by atoms with van der Waals surface area (Å²) in [5, 5.41) is 0. The average Bonchev–Trinajstić information content (AvgIpc) is 2.75. The van der Waals surface area contributed by atoms with Gasteiger partial charge in [0.25, 0.3) is 0 Å². The Kier molecular flexibility index (Phi) is 28.5. The first kappa shape index (κ1) is 68.2. The minimum Gasteiger partial charge on any atom is -0.494 e. The van der Waals surface area contributed by atoms with E-state index < -0.39 is 59.7 Å². The smallest absolute Gasteiger partial charge is 0.343 e. The quantitative estimate of drug-likeness (QED) is 0.0115. The Morgan fingerprint density at radius 2 is 0.467 bits per heavy atom. The molecule has 6 aromatic carbocycles. The van der Waals surface area contributed by atoms with E-state index in [0.29, 0.717) is 76.1 Å². The third kappa shape index (κ3) is 24.8. The number of ether oxygens (including phenoxy) is 12. The van der Waals surface area contributed by atoms with Gasteiger partial charge in [0.05, 0.1) is 99.1 Å². The van der Waals surface area contributed by atoms with E-state index in [2.05, 4.69) is 13.2 Å². The molecule has 0 aromatic heterocycles. The van der Waals surface area contributed by atoms with E-state index in [1.807, 2.05) is 0 Å². The fourth-order valence-electron chi connectivity index (χ4n) is 7.55. The second-order valence-electron chi connectivity index (χ2n) is 19.2. The van der Waals surface area contributed by atoms with Crippen LogP contribution in [0.25, 0.3) is 0 Å². The predicted octanol–water partition coefficient (Wildman–Crippen LogP) is 10.8. The Balaban J connectivity index is 0.744. The minimum atomic E-state index is -0.686. The summed E-state index contributed by atoms with van der Waals surface area (Å²) in [4.78, 5) is 123. The molecule has 0 bridgehead atoms. The first-order valence-corrected chi connectivity index (χ1v) is 28.6. The van der Waals surface area contributed by atoms with E-state index in [1.165, 1.54) is 97.1 Å². The first-order valence-electron chi connectivity index (χ1n) is 28.6. The molecule has 0 N–H and O–H groups in total. The lowest BCUT2D eigenvalue weighted by Crippen LogP contribution is -2.12. The Morgan fingerprint density at radius 3 is 0.722 bits per heavy atom. The van der Waals surface area contributed by atoms with Crippen LogP contribution in [0.1, 0.15) is 126 Å². The number of carbonyl (C=O) groups is 10. The van der Waals surface area contributed by atoms with Crippen molar-refractivity contribution in [2.24, 2.45) is 0 Å². The summed E-state index contributed by atoms with van der Waals surface area (Å²) >= 11 is 0. The van der Waals surface area contributed by atoms with Crippen molar-refractivity contribution < 1.29 is 105 Å².